The van der Waals surface area contributed by atoms with Crippen LogP contribution < -0.4 is 0 Å². The molecule has 2 rings (SSSR count). The monoisotopic (exact) mass is 336 g/mol. The molecule has 5 heteroatoms. The molecule has 0 aliphatic heterocycles. The molecule has 1 heterocycles. The number of hydrogen-bond donors (Lipinski definition) is 1. The predicted octanol–water partition coefficient (Wildman–Crippen LogP) is 3.75. The Morgan fingerprint density at radius 1 is 1.35 bits per heavy atom. The van der Waals surface area contributed by atoms with Gasteiger partial charge in [-0.05, 0) is 33.8 Å². The highest BCUT2D eigenvalue weighted by Gasteiger charge is 2.20. The van der Waals surface area contributed by atoms with E-state index in [0.717, 1.165) is 12.0 Å². The third kappa shape index (κ3) is 2.93. The molecule has 0 fully saturated rings. The number of aromatic carboxylic acids is 1. The van der Waals surface area contributed by atoms with Gasteiger partial charge >= 0.3 is 5.97 Å². The van der Waals surface area contributed by atoms with Crippen molar-refractivity contribution < 1.29 is 9.90 Å². The Kier molecular flexibility index (Phi) is 4.28. The van der Waals surface area contributed by atoms with Crippen LogP contribution in [0, 0.1) is 5.92 Å². The van der Waals surface area contributed by atoms with Crippen LogP contribution in [0.25, 0.3) is 11.3 Å². The van der Waals surface area contributed by atoms with Crippen molar-refractivity contribution in [2.24, 2.45) is 13.0 Å². The highest BCUT2D eigenvalue weighted by molar-refractivity contribution is 9.10. The van der Waals surface area contributed by atoms with Crippen LogP contribution in [0.5, 0.6) is 0 Å². The third-order valence-corrected chi connectivity index (χ3v) is 3.81. The number of nitrogens with zero attached hydrogens (tertiary/aromatic N) is 2. The van der Waals surface area contributed by atoms with Gasteiger partial charge in [-0.3, -0.25) is 4.68 Å². The number of benzene rings is 1. The largest absolute Gasteiger partial charge is 0.476 e. The van der Waals surface area contributed by atoms with E-state index in [1.54, 1.807) is 7.05 Å². The minimum absolute atomic E-state index is 0.159. The van der Waals surface area contributed by atoms with Crippen LogP contribution in [0.1, 0.15) is 29.9 Å². The van der Waals surface area contributed by atoms with E-state index >= 15 is 0 Å². The first-order valence-electron chi connectivity index (χ1n) is 6.45. The smallest absolute Gasteiger partial charge is 0.355 e. The van der Waals surface area contributed by atoms with Gasteiger partial charge in [-0.15, -0.1) is 0 Å². The molecule has 0 amide bonds. The average Bonchev–Trinajstić information content (AvgIpc) is 2.65. The van der Waals surface area contributed by atoms with Crippen molar-refractivity contribution >= 4 is 21.9 Å². The van der Waals surface area contributed by atoms with Crippen LogP contribution in [0.2, 0.25) is 0 Å². The maximum absolute atomic E-state index is 11.2. The van der Waals surface area contributed by atoms with Crippen LogP contribution in [0.15, 0.2) is 28.7 Å². The highest BCUT2D eigenvalue weighted by Crippen LogP contribution is 2.30. The van der Waals surface area contributed by atoms with Crippen molar-refractivity contribution in [3.8, 4) is 11.3 Å². The molecule has 0 spiro atoms. The molecule has 1 aromatic carbocycles. The molecule has 1 aromatic heterocycles. The van der Waals surface area contributed by atoms with E-state index in [0.29, 0.717) is 16.1 Å². The minimum atomic E-state index is -0.991. The van der Waals surface area contributed by atoms with Crippen LogP contribution >= 0.6 is 15.9 Å². The van der Waals surface area contributed by atoms with E-state index in [4.69, 9.17) is 5.11 Å². The number of halogens is 1. The molecule has 2 aromatic rings. The zero-order chi connectivity index (χ0) is 14.9. The molecule has 0 unspecified atom stereocenters. The number of carbonyl (C=O) groups is 1. The fraction of sp³-hybridized carbons (Fsp3) is 0.333. The molecule has 0 bridgehead atoms. The number of aryl methyl sites for hydroxylation is 1. The summed E-state index contributed by atoms with van der Waals surface area (Å²) in [5.74, 6) is -0.379. The Morgan fingerprint density at radius 2 is 1.95 bits per heavy atom. The molecule has 106 valence electrons. The van der Waals surface area contributed by atoms with Crippen LogP contribution in [0.4, 0.5) is 0 Å². The lowest BCUT2D eigenvalue weighted by atomic mass is 10.0. The Morgan fingerprint density at radius 3 is 2.40 bits per heavy atom. The summed E-state index contributed by atoms with van der Waals surface area (Å²) in [6.45, 7) is 4.37. The summed E-state index contributed by atoms with van der Waals surface area (Å²) in [7, 11) is 1.63. The van der Waals surface area contributed by atoms with E-state index < -0.39 is 5.97 Å². The zero-order valence-electron chi connectivity index (χ0n) is 11.7. The van der Waals surface area contributed by atoms with Gasteiger partial charge in [0.15, 0.2) is 5.69 Å². The van der Waals surface area contributed by atoms with Crippen molar-refractivity contribution in [2.45, 2.75) is 20.3 Å². The normalized spacial score (nSPS) is 11.1. The first-order chi connectivity index (χ1) is 9.40. The fourth-order valence-corrected chi connectivity index (χ4v) is 2.92. The van der Waals surface area contributed by atoms with Crippen molar-refractivity contribution in [1.82, 2.24) is 9.78 Å². The standard InChI is InChI=1S/C15H17BrN2O2/c1-9(2)8-10-4-6-11(7-5-10)13-12(16)14(15(19)20)18(3)17-13/h4-7,9H,8H2,1-3H3,(H,19,20). The summed E-state index contributed by atoms with van der Waals surface area (Å²) in [5.41, 5.74) is 2.99. The minimum Gasteiger partial charge on any atom is -0.476 e. The lowest BCUT2D eigenvalue weighted by molar-refractivity contribution is 0.0684. The van der Waals surface area contributed by atoms with Gasteiger partial charge in [-0.25, -0.2) is 4.79 Å². The molecule has 0 atom stereocenters. The number of carboxylic acids is 1. The van der Waals surface area contributed by atoms with Crippen molar-refractivity contribution in [1.29, 1.82) is 0 Å². The van der Waals surface area contributed by atoms with Crippen molar-refractivity contribution in [2.75, 3.05) is 0 Å². The summed E-state index contributed by atoms with van der Waals surface area (Å²) < 4.78 is 1.90. The van der Waals surface area contributed by atoms with Gasteiger partial charge in [0.25, 0.3) is 0 Å². The second-order valence-electron chi connectivity index (χ2n) is 5.23. The van der Waals surface area contributed by atoms with E-state index in [2.05, 4.69) is 47.0 Å². The van der Waals surface area contributed by atoms with Gasteiger partial charge in [0.05, 0.1) is 4.47 Å². The number of rotatable bonds is 4. The van der Waals surface area contributed by atoms with Crippen molar-refractivity contribution in [3.63, 3.8) is 0 Å². The molecule has 0 aliphatic rings. The Labute approximate surface area is 126 Å². The van der Waals surface area contributed by atoms with Crippen LogP contribution in [0.3, 0.4) is 0 Å². The number of carboxylic acid groups (broad SMARTS) is 1. The molecule has 4 nitrogen and oxygen atoms in total. The number of hydrogen-bond acceptors (Lipinski definition) is 2. The first kappa shape index (κ1) is 14.8. The first-order valence-corrected chi connectivity index (χ1v) is 7.24. The Bertz CT molecular complexity index is 630. The second kappa shape index (κ2) is 5.79. The Hall–Kier alpha value is -1.62. The summed E-state index contributed by atoms with van der Waals surface area (Å²) in [6, 6.07) is 8.10. The molecule has 0 radical (unpaired) electrons. The van der Waals surface area contributed by atoms with E-state index in [1.165, 1.54) is 10.2 Å². The maximum atomic E-state index is 11.2. The summed E-state index contributed by atoms with van der Waals surface area (Å²) in [5, 5.41) is 13.4. The lowest BCUT2D eigenvalue weighted by Crippen LogP contribution is -2.05. The number of aromatic nitrogens is 2. The van der Waals surface area contributed by atoms with E-state index in [-0.39, 0.29) is 5.69 Å². The van der Waals surface area contributed by atoms with Crippen LogP contribution in [-0.2, 0) is 13.5 Å². The molecule has 1 N–H and O–H groups in total. The topological polar surface area (TPSA) is 55.1 Å². The fourth-order valence-electron chi connectivity index (χ4n) is 2.18. The van der Waals surface area contributed by atoms with Gasteiger partial charge in [-0.2, -0.15) is 5.10 Å². The molecular formula is C15H17BrN2O2. The quantitative estimate of drug-likeness (QED) is 0.925. The summed E-state index contributed by atoms with van der Waals surface area (Å²) in [4.78, 5) is 11.2. The van der Waals surface area contributed by atoms with Gasteiger partial charge in [0.1, 0.15) is 5.69 Å². The predicted molar refractivity (Wildman–Crippen MR) is 81.8 cm³/mol. The van der Waals surface area contributed by atoms with Gasteiger partial charge in [-0.1, -0.05) is 38.1 Å². The van der Waals surface area contributed by atoms with E-state index in [1.807, 2.05) is 12.1 Å². The highest BCUT2D eigenvalue weighted by atomic mass is 79.9. The summed E-state index contributed by atoms with van der Waals surface area (Å²) in [6.07, 6.45) is 1.03. The van der Waals surface area contributed by atoms with Gasteiger partial charge in [0, 0.05) is 12.6 Å². The molecule has 20 heavy (non-hydrogen) atoms. The lowest BCUT2D eigenvalue weighted by Gasteiger charge is -2.05. The second-order valence-corrected chi connectivity index (χ2v) is 6.03. The maximum Gasteiger partial charge on any atom is 0.355 e. The zero-order valence-corrected chi connectivity index (χ0v) is 13.3. The Balaban J connectivity index is 2.37. The molecule has 0 saturated carbocycles. The van der Waals surface area contributed by atoms with Crippen molar-refractivity contribution in [3.05, 3.63) is 40.0 Å². The SMILES string of the molecule is CC(C)Cc1ccc(-c2nn(C)c(C(=O)O)c2Br)cc1. The van der Waals surface area contributed by atoms with Gasteiger partial charge < -0.3 is 5.11 Å². The van der Waals surface area contributed by atoms with E-state index in [9.17, 15) is 4.79 Å². The van der Waals surface area contributed by atoms with Gasteiger partial charge in [0.2, 0.25) is 0 Å². The molecular weight excluding hydrogens is 320 g/mol. The van der Waals surface area contributed by atoms with Crippen LogP contribution in [-0.4, -0.2) is 20.9 Å². The molecule has 0 aliphatic carbocycles. The average molecular weight is 337 g/mol. The molecule has 0 saturated heterocycles. The summed E-state index contributed by atoms with van der Waals surface area (Å²) >= 11 is 3.33. The third-order valence-electron chi connectivity index (χ3n) is 3.06.